The van der Waals surface area contributed by atoms with Crippen LogP contribution in [-0.2, 0) is 11.2 Å². The first-order valence-electron chi connectivity index (χ1n) is 8.24. The van der Waals surface area contributed by atoms with Crippen molar-refractivity contribution in [2.75, 3.05) is 13.7 Å². The molecule has 0 aliphatic rings. The Labute approximate surface area is 148 Å². The predicted molar refractivity (Wildman–Crippen MR) is 99.2 cm³/mol. The van der Waals surface area contributed by atoms with Crippen LogP contribution < -0.4 is 14.9 Å². The third-order valence-electron chi connectivity index (χ3n) is 3.39. The van der Waals surface area contributed by atoms with Crippen molar-refractivity contribution in [1.82, 2.24) is 5.43 Å². The maximum atomic E-state index is 11.9. The lowest BCUT2D eigenvalue weighted by Gasteiger charge is -2.08. The van der Waals surface area contributed by atoms with Gasteiger partial charge in [0.05, 0.1) is 26.4 Å². The van der Waals surface area contributed by atoms with Crippen LogP contribution in [0.15, 0.2) is 53.6 Å². The van der Waals surface area contributed by atoms with Crippen molar-refractivity contribution >= 4 is 12.1 Å². The molecular weight excluding hydrogens is 316 g/mol. The van der Waals surface area contributed by atoms with Crippen LogP contribution in [0, 0.1) is 5.92 Å². The molecule has 0 aliphatic carbocycles. The summed E-state index contributed by atoms with van der Waals surface area (Å²) < 4.78 is 10.7. The zero-order chi connectivity index (χ0) is 18.1. The van der Waals surface area contributed by atoms with E-state index in [1.54, 1.807) is 13.3 Å². The lowest BCUT2D eigenvalue weighted by molar-refractivity contribution is -0.120. The van der Waals surface area contributed by atoms with E-state index in [4.69, 9.17) is 9.47 Å². The van der Waals surface area contributed by atoms with Gasteiger partial charge in [0.25, 0.3) is 0 Å². The molecule has 1 N–H and O–H groups in total. The molecule has 0 radical (unpaired) electrons. The van der Waals surface area contributed by atoms with Crippen molar-refractivity contribution in [3.63, 3.8) is 0 Å². The molecule has 0 saturated heterocycles. The Hall–Kier alpha value is -2.82. The molecule has 0 unspecified atom stereocenters. The van der Waals surface area contributed by atoms with Gasteiger partial charge in [-0.15, -0.1) is 0 Å². The second-order valence-corrected chi connectivity index (χ2v) is 6.09. The molecule has 2 rings (SSSR count). The van der Waals surface area contributed by atoms with Crippen LogP contribution in [0.5, 0.6) is 11.5 Å². The number of hydrazone groups is 1. The molecule has 0 aromatic heterocycles. The van der Waals surface area contributed by atoms with Crippen LogP contribution in [0.3, 0.4) is 0 Å². The normalized spacial score (nSPS) is 10.9. The summed E-state index contributed by atoms with van der Waals surface area (Å²) >= 11 is 0. The number of hydrogen-bond donors (Lipinski definition) is 1. The van der Waals surface area contributed by atoms with Crippen molar-refractivity contribution in [3.8, 4) is 11.5 Å². The molecule has 132 valence electrons. The van der Waals surface area contributed by atoms with Crippen molar-refractivity contribution < 1.29 is 14.3 Å². The summed E-state index contributed by atoms with van der Waals surface area (Å²) in [6.45, 7) is 4.90. The SMILES string of the molecule is COc1ccc(CC(=O)N/N=C\c2ccc(OCC(C)C)cc2)cc1. The second-order valence-electron chi connectivity index (χ2n) is 6.09. The van der Waals surface area contributed by atoms with Gasteiger partial charge in [0.15, 0.2) is 0 Å². The molecule has 1 amide bonds. The molecule has 0 bridgehead atoms. The molecule has 0 spiro atoms. The summed E-state index contributed by atoms with van der Waals surface area (Å²) in [5.41, 5.74) is 4.32. The van der Waals surface area contributed by atoms with E-state index in [0.29, 0.717) is 12.5 Å². The molecule has 25 heavy (non-hydrogen) atoms. The van der Waals surface area contributed by atoms with Gasteiger partial charge in [0.1, 0.15) is 11.5 Å². The van der Waals surface area contributed by atoms with Crippen LogP contribution in [0.1, 0.15) is 25.0 Å². The summed E-state index contributed by atoms with van der Waals surface area (Å²) in [6, 6.07) is 15.0. The number of amides is 1. The Kier molecular flexibility index (Phi) is 7.01. The highest BCUT2D eigenvalue weighted by Crippen LogP contribution is 2.13. The monoisotopic (exact) mass is 340 g/mol. The van der Waals surface area contributed by atoms with E-state index in [0.717, 1.165) is 22.6 Å². The molecule has 5 heteroatoms. The fraction of sp³-hybridized carbons (Fsp3) is 0.300. The van der Waals surface area contributed by atoms with E-state index in [1.807, 2.05) is 48.5 Å². The second kappa shape index (κ2) is 9.47. The molecular formula is C20H24N2O3. The van der Waals surface area contributed by atoms with Gasteiger partial charge in [0, 0.05) is 0 Å². The quantitative estimate of drug-likeness (QED) is 0.592. The van der Waals surface area contributed by atoms with E-state index < -0.39 is 0 Å². The van der Waals surface area contributed by atoms with Crippen molar-refractivity contribution in [1.29, 1.82) is 0 Å². The molecule has 5 nitrogen and oxygen atoms in total. The zero-order valence-electron chi connectivity index (χ0n) is 14.9. The standard InChI is InChI=1S/C20H24N2O3/c1-15(2)14-25-19-10-6-17(7-11-19)13-21-22-20(23)12-16-4-8-18(24-3)9-5-16/h4-11,13,15H,12,14H2,1-3H3,(H,22,23)/b21-13-. The van der Waals surface area contributed by atoms with E-state index in [2.05, 4.69) is 24.4 Å². The Morgan fingerprint density at radius 3 is 2.32 bits per heavy atom. The largest absolute Gasteiger partial charge is 0.497 e. The van der Waals surface area contributed by atoms with E-state index in [1.165, 1.54) is 0 Å². The van der Waals surface area contributed by atoms with Gasteiger partial charge < -0.3 is 9.47 Å². The summed E-state index contributed by atoms with van der Waals surface area (Å²) in [7, 11) is 1.61. The van der Waals surface area contributed by atoms with E-state index in [9.17, 15) is 4.79 Å². The summed E-state index contributed by atoms with van der Waals surface area (Å²) in [5, 5.41) is 3.99. The third-order valence-corrected chi connectivity index (χ3v) is 3.39. The Morgan fingerprint density at radius 1 is 1.08 bits per heavy atom. The summed E-state index contributed by atoms with van der Waals surface area (Å²) in [6.07, 6.45) is 1.88. The molecule has 0 aliphatic heterocycles. The first-order chi connectivity index (χ1) is 12.1. The van der Waals surface area contributed by atoms with Gasteiger partial charge in [-0.3, -0.25) is 4.79 Å². The first-order valence-corrected chi connectivity index (χ1v) is 8.24. The van der Waals surface area contributed by atoms with E-state index >= 15 is 0 Å². The lowest BCUT2D eigenvalue weighted by Crippen LogP contribution is -2.19. The molecule has 2 aromatic carbocycles. The Bertz CT molecular complexity index is 692. The molecule has 0 fully saturated rings. The minimum Gasteiger partial charge on any atom is -0.497 e. The van der Waals surface area contributed by atoms with Gasteiger partial charge in [-0.05, 0) is 53.4 Å². The maximum Gasteiger partial charge on any atom is 0.244 e. The number of rotatable bonds is 8. The molecule has 2 aromatic rings. The first kappa shape index (κ1) is 18.5. The minimum atomic E-state index is -0.168. The van der Waals surface area contributed by atoms with Crippen LogP contribution in [0.4, 0.5) is 0 Å². The molecule has 0 saturated carbocycles. The lowest BCUT2D eigenvalue weighted by atomic mass is 10.1. The Balaban J connectivity index is 1.80. The third kappa shape index (κ3) is 6.67. The fourth-order valence-corrected chi connectivity index (χ4v) is 2.06. The number of carbonyl (C=O) groups excluding carboxylic acids is 1. The van der Waals surface area contributed by atoms with Crippen LogP contribution in [0.25, 0.3) is 0 Å². The van der Waals surface area contributed by atoms with Crippen molar-refractivity contribution in [2.24, 2.45) is 11.0 Å². The number of nitrogens with one attached hydrogen (secondary N) is 1. The maximum absolute atomic E-state index is 11.9. The number of benzene rings is 2. The van der Waals surface area contributed by atoms with Gasteiger partial charge in [0.2, 0.25) is 5.91 Å². The average molecular weight is 340 g/mol. The van der Waals surface area contributed by atoms with E-state index in [-0.39, 0.29) is 12.3 Å². The fourth-order valence-electron chi connectivity index (χ4n) is 2.06. The molecule has 0 atom stereocenters. The van der Waals surface area contributed by atoms with Crippen LogP contribution in [-0.4, -0.2) is 25.8 Å². The van der Waals surface area contributed by atoms with Crippen molar-refractivity contribution in [3.05, 3.63) is 59.7 Å². The van der Waals surface area contributed by atoms with Crippen LogP contribution in [0.2, 0.25) is 0 Å². The van der Waals surface area contributed by atoms with Gasteiger partial charge >= 0.3 is 0 Å². The average Bonchev–Trinajstić information content (AvgIpc) is 2.61. The summed E-state index contributed by atoms with van der Waals surface area (Å²) in [4.78, 5) is 11.9. The number of carbonyl (C=O) groups is 1. The van der Waals surface area contributed by atoms with Gasteiger partial charge in [-0.1, -0.05) is 26.0 Å². The number of ether oxygens (including phenoxy) is 2. The predicted octanol–water partition coefficient (Wildman–Crippen LogP) is 3.42. The zero-order valence-corrected chi connectivity index (χ0v) is 14.9. The topological polar surface area (TPSA) is 59.9 Å². The highest BCUT2D eigenvalue weighted by atomic mass is 16.5. The highest BCUT2D eigenvalue weighted by Gasteiger charge is 2.02. The smallest absolute Gasteiger partial charge is 0.244 e. The summed E-state index contributed by atoms with van der Waals surface area (Å²) in [5.74, 6) is 1.91. The minimum absolute atomic E-state index is 0.168. The number of hydrogen-bond acceptors (Lipinski definition) is 4. The van der Waals surface area contributed by atoms with Gasteiger partial charge in [-0.25, -0.2) is 5.43 Å². The Morgan fingerprint density at radius 2 is 1.72 bits per heavy atom. The number of methoxy groups -OCH3 is 1. The van der Waals surface area contributed by atoms with Crippen LogP contribution >= 0.6 is 0 Å². The number of nitrogens with zero attached hydrogens (tertiary/aromatic N) is 1. The highest BCUT2D eigenvalue weighted by molar-refractivity contribution is 5.83. The molecule has 0 heterocycles. The van der Waals surface area contributed by atoms with Gasteiger partial charge in [-0.2, -0.15) is 5.10 Å². The van der Waals surface area contributed by atoms with Crippen molar-refractivity contribution in [2.45, 2.75) is 20.3 Å².